The van der Waals surface area contributed by atoms with E-state index in [9.17, 15) is 48.6 Å². The molecule has 0 radical (unpaired) electrons. The van der Waals surface area contributed by atoms with Crippen LogP contribution in [0.1, 0.15) is 205 Å². The number of ketones is 2. The molecule has 692 valence electrons. The molecule has 31 heteroatoms. The van der Waals surface area contributed by atoms with Crippen molar-refractivity contribution in [2.24, 2.45) is 69.0 Å². The Morgan fingerprint density at radius 3 is 1.28 bits per heavy atom. The summed E-state index contributed by atoms with van der Waals surface area (Å²) in [6, 6.07) is 17.4. The first-order chi connectivity index (χ1) is 60.6. The van der Waals surface area contributed by atoms with Gasteiger partial charge in [0.25, 0.3) is 0 Å². The van der Waals surface area contributed by atoms with Crippen molar-refractivity contribution in [1.29, 1.82) is 0 Å². The topological polar surface area (TPSA) is 343 Å². The molecule has 6 unspecified atom stereocenters. The molecule has 14 atom stereocenters. The minimum Gasteiger partial charge on any atom is -0.492 e. The second-order valence-electron chi connectivity index (χ2n) is 40.2. The Kier molecular flexibility index (Phi) is 29.8. The van der Waals surface area contributed by atoms with E-state index in [1.54, 1.807) is 19.2 Å². The van der Waals surface area contributed by atoms with E-state index in [0.717, 1.165) is 88.8 Å². The number of benzene rings is 2. The summed E-state index contributed by atoms with van der Waals surface area (Å²) in [4.78, 5) is 129. The number of rotatable bonds is 36. The fourth-order valence-electron chi connectivity index (χ4n) is 20.5. The zero-order valence-corrected chi connectivity index (χ0v) is 77.6. The molecule has 6 saturated carbocycles. The molecule has 2 amide bonds. The Labute approximate surface area is 756 Å². The molecule has 6 aliphatic carbocycles. The number of halogens is 2. The number of ether oxygens (including phenoxy) is 6. The number of piperidine rings is 1. The summed E-state index contributed by atoms with van der Waals surface area (Å²) < 4.78 is 41.4. The van der Waals surface area contributed by atoms with E-state index >= 15 is 0 Å². The van der Waals surface area contributed by atoms with Crippen molar-refractivity contribution < 1.29 is 77.0 Å². The fourth-order valence-corrected chi connectivity index (χ4v) is 20.5. The summed E-state index contributed by atoms with van der Waals surface area (Å²) >= 11 is 9.53. The van der Waals surface area contributed by atoms with Crippen LogP contribution >= 0.6 is 23.2 Å². The minimum atomic E-state index is -1.14. The van der Waals surface area contributed by atoms with Gasteiger partial charge in [0.05, 0.1) is 77.1 Å². The molecule has 6 aromatic rings. The largest absolute Gasteiger partial charge is 0.492 e. The van der Waals surface area contributed by atoms with Crippen molar-refractivity contribution in [3.63, 3.8) is 0 Å². The van der Waals surface area contributed by atoms with Gasteiger partial charge in [0.1, 0.15) is 72.3 Å². The second kappa shape index (κ2) is 40.2. The molecule has 5 N–H and O–H groups in total. The number of pyridine rings is 2. The van der Waals surface area contributed by atoms with Crippen LogP contribution in [0, 0.1) is 69.0 Å². The van der Waals surface area contributed by atoms with Gasteiger partial charge in [0.2, 0.25) is 11.8 Å². The Morgan fingerprint density at radius 1 is 0.528 bits per heavy atom. The smallest absolute Gasteiger partial charge is 0.310 e. The predicted octanol–water partition coefficient (Wildman–Crippen LogP) is 14.5. The van der Waals surface area contributed by atoms with Gasteiger partial charge in [-0.15, -0.1) is 33.4 Å². The quantitative estimate of drug-likeness (QED) is 0.0180. The van der Waals surface area contributed by atoms with Crippen LogP contribution in [-0.2, 0) is 47.8 Å². The number of aromatic nitrogens is 6. The molecular weight excluding hydrogens is 1660 g/mol. The van der Waals surface area contributed by atoms with Crippen LogP contribution in [0.3, 0.4) is 0 Å². The summed E-state index contributed by atoms with van der Waals surface area (Å²) in [6.07, 6.45) is 13.8. The number of esters is 2. The number of nitrogens with zero attached hydrogens (tertiary/aromatic N) is 10. The van der Waals surface area contributed by atoms with Gasteiger partial charge in [0, 0.05) is 137 Å². The maximum atomic E-state index is 14.9. The number of hydrogen-bond acceptors (Lipinski definition) is 23. The predicted molar refractivity (Wildman–Crippen MR) is 484 cm³/mol. The van der Waals surface area contributed by atoms with Crippen LogP contribution in [0.2, 0.25) is 0 Å². The number of nitrogens with one attached hydrogen (secondary N) is 3. The SMILES string of the molecule is CC[C@@H]1C[C@]1(CC(=O)[C@@H]1CC(Oc2cc(-n3ccc(NC(C)C)n3)nc3cc(OCCN4CCCCC4)ccc23)CN1C(=O)[C@@H](CC(=O)OC1CC2CC2C1)C(C)(C)C)C(=O)O.CC[C@@H]1C[C@]1(CC(=O)[C@@H]1CC(Oc2cc(-n3ccc(NC(C)C)n3)nc3cc(OCCN4CCNCC4)ccc23)CN1C(=O)[C@@H](CC(=O)OC1CC2CC2C1)C(C)(C)C)C(=O)O.ClCCl. The number of hydrogen-bond donors (Lipinski definition) is 5. The second-order valence-corrected chi connectivity index (χ2v) is 41.0. The summed E-state index contributed by atoms with van der Waals surface area (Å²) in [6.45, 7) is 32.6. The van der Waals surface area contributed by atoms with E-state index < -0.39 is 81.7 Å². The van der Waals surface area contributed by atoms with Crippen LogP contribution in [0.25, 0.3) is 33.4 Å². The number of fused-ring (bicyclic) bond motifs is 4. The van der Waals surface area contributed by atoms with Crippen LogP contribution in [0.15, 0.2) is 73.1 Å². The number of carboxylic acids is 2. The fraction of sp³-hybridized carbons (Fsp3) is 0.667. The van der Waals surface area contributed by atoms with Gasteiger partial charge < -0.3 is 64.4 Å². The first kappa shape index (κ1) is 94.2. The van der Waals surface area contributed by atoms with Crippen molar-refractivity contribution >= 4 is 104 Å². The Hall–Kier alpha value is -8.90. The average molecular weight is 1800 g/mol. The van der Waals surface area contributed by atoms with Gasteiger partial charge in [-0.25, -0.2) is 19.3 Å². The molecule has 0 bridgehead atoms. The van der Waals surface area contributed by atoms with Gasteiger partial charge in [-0.1, -0.05) is 74.7 Å². The molecular formula is C96H133Cl2N13O16. The zero-order chi connectivity index (χ0) is 90.6. The van der Waals surface area contributed by atoms with Gasteiger partial charge in [0.15, 0.2) is 23.2 Å². The molecule has 8 heterocycles. The molecule has 127 heavy (non-hydrogen) atoms. The van der Waals surface area contributed by atoms with Gasteiger partial charge in [-0.3, -0.25) is 48.2 Å². The van der Waals surface area contributed by atoms with E-state index in [1.165, 1.54) is 32.1 Å². The maximum Gasteiger partial charge on any atom is 0.310 e. The monoisotopic (exact) mass is 1790 g/mol. The Balaban J connectivity index is 0.000000200. The average Bonchev–Trinajstić information content (AvgIpc) is 1.58. The minimum absolute atomic E-state index is 0.0801. The van der Waals surface area contributed by atoms with E-state index in [2.05, 4.69) is 25.8 Å². The summed E-state index contributed by atoms with van der Waals surface area (Å²) in [5.41, 5.74) is -2.29. The molecule has 4 saturated heterocycles. The molecule has 16 rings (SSSR count). The van der Waals surface area contributed by atoms with Gasteiger partial charge >= 0.3 is 23.9 Å². The number of alkyl halides is 2. The van der Waals surface area contributed by atoms with Crippen molar-refractivity contribution in [1.82, 2.24) is 54.4 Å². The molecule has 2 aromatic carbocycles. The Bertz CT molecular complexity index is 4600. The lowest BCUT2D eigenvalue weighted by Gasteiger charge is -2.35. The summed E-state index contributed by atoms with van der Waals surface area (Å²) in [5, 5.41) is 41.7. The molecule has 4 aromatic heterocycles. The lowest BCUT2D eigenvalue weighted by molar-refractivity contribution is -0.157. The maximum absolute atomic E-state index is 14.9. The molecule has 10 fully saturated rings. The summed E-state index contributed by atoms with van der Waals surface area (Å²) in [5.74, 6) is 1.60. The number of piperazine rings is 1. The highest BCUT2D eigenvalue weighted by atomic mass is 35.5. The third kappa shape index (κ3) is 23.1. The number of Topliss-reactive ketones (excluding diaryl/α,β-unsaturated/α-hetero) is 2. The van der Waals surface area contributed by atoms with E-state index in [-0.39, 0.29) is 116 Å². The first-order valence-corrected chi connectivity index (χ1v) is 47.6. The lowest BCUT2D eigenvalue weighted by atomic mass is 9.77. The highest BCUT2D eigenvalue weighted by molar-refractivity contribution is 6.40. The van der Waals surface area contributed by atoms with Crippen LogP contribution in [0.5, 0.6) is 23.0 Å². The van der Waals surface area contributed by atoms with Crippen molar-refractivity contribution in [2.45, 2.75) is 254 Å². The van der Waals surface area contributed by atoms with Crippen molar-refractivity contribution in [3.05, 3.63) is 73.1 Å². The van der Waals surface area contributed by atoms with Crippen molar-refractivity contribution in [2.75, 3.05) is 94.6 Å². The highest BCUT2D eigenvalue weighted by Crippen LogP contribution is 2.60. The number of carbonyl (C=O) groups excluding carboxylic acids is 6. The standard InChI is InChI=1S/C48H66N6O8.C47H65N7O8.CH2Cl2/c1-7-32-26-48(32,46(58)59)27-40(55)39-23-35(28-53(39)45(57)37(47(4,5)6)24-44(56)62-34-20-30-19-31(30)21-34)61-41-25-43(54-16-13-42(51-54)49-29(2)3)50-38-22-33(11-12-36(38)41)60-18-17-52-14-9-8-10-15-52;1-7-31-25-47(31,45(58)59)26-39(55)38-22-34(27-53(38)44(57)36(46(4,5)6)23-43(56)62-33-19-29-18-30(29)20-33)61-40-24-42(54-13-10-41(51-54)49-28(2)3)50-37-21-32(8-9-35(37)40)60-17-16-52-14-11-48-12-15-52;2-1-3/h11-13,16,22,25,29-32,34-35,37,39H,7-10,14-15,17-21,23-24,26-28H2,1-6H3,(H,49,51)(H,58,59);8-10,13,21,24,28-31,33-34,36,38,48H,7,11-12,14-20,22-23,25-27H2,1-6H3,(H,49,51)(H,58,59);1H2/t30?,31?,32-,34?,35?,37-,39+,48-;29?,30?,31-,33?,34?,36-,38+,47-;/m11./s1. The van der Waals surface area contributed by atoms with Crippen LogP contribution in [-0.4, -0.2) is 239 Å². The number of likely N-dealkylation sites (tertiary alicyclic amines) is 3. The highest BCUT2D eigenvalue weighted by Gasteiger charge is 2.63. The number of aliphatic carboxylic acids is 2. The van der Waals surface area contributed by atoms with Crippen LogP contribution < -0.4 is 34.9 Å². The van der Waals surface area contributed by atoms with E-state index in [1.807, 2.05) is 156 Å². The third-order valence-corrected chi connectivity index (χ3v) is 28.1. The number of amides is 2. The number of carbonyl (C=O) groups is 8. The van der Waals surface area contributed by atoms with Crippen molar-refractivity contribution in [3.8, 4) is 34.6 Å². The first-order valence-electron chi connectivity index (χ1n) is 46.5. The lowest BCUT2D eigenvalue weighted by Crippen LogP contribution is -2.48. The Morgan fingerprint density at radius 2 is 0.921 bits per heavy atom. The zero-order valence-electron chi connectivity index (χ0n) is 76.1. The summed E-state index contributed by atoms with van der Waals surface area (Å²) in [7, 11) is 0. The molecule has 29 nitrogen and oxygen atoms in total. The van der Waals surface area contributed by atoms with Gasteiger partial charge in [-0.05, 0) is 176 Å². The number of anilines is 2. The molecule has 10 aliphatic rings. The van der Waals surface area contributed by atoms with Crippen LogP contribution in [0.4, 0.5) is 11.6 Å². The van der Waals surface area contributed by atoms with Gasteiger partial charge in [-0.2, -0.15) is 0 Å². The molecule has 0 spiro atoms. The van der Waals surface area contributed by atoms with E-state index in [0.29, 0.717) is 120 Å². The number of carboxylic acid groups (broad SMARTS) is 2. The third-order valence-electron chi connectivity index (χ3n) is 28.1. The normalized spacial score (nSPS) is 27.0. The molecule has 4 aliphatic heterocycles. The van der Waals surface area contributed by atoms with E-state index in [4.69, 9.17) is 71.8 Å².